The first-order chi connectivity index (χ1) is 16.4. The molecule has 0 aliphatic carbocycles. The van der Waals surface area contributed by atoms with Crippen LogP contribution in [0, 0.1) is 0 Å². The molecular weight excluding hydrogens is 462 g/mol. The van der Waals surface area contributed by atoms with Crippen molar-refractivity contribution in [3.8, 4) is 0 Å². The van der Waals surface area contributed by atoms with Gasteiger partial charge >= 0.3 is 0 Å². The van der Waals surface area contributed by atoms with Crippen LogP contribution in [0.3, 0.4) is 0 Å². The van der Waals surface area contributed by atoms with E-state index < -0.39 is 28.5 Å². The van der Waals surface area contributed by atoms with Crippen LogP contribution in [0.15, 0.2) is 54.6 Å². The van der Waals surface area contributed by atoms with E-state index in [0.29, 0.717) is 18.7 Å². The van der Waals surface area contributed by atoms with Gasteiger partial charge in [-0.3, -0.25) is 13.9 Å². The quantitative estimate of drug-likeness (QED) is 0.503. The Labute approximate surface area is 210 Å². The topological polar surface area (TPSA) is 86.8 Å². The maximum atomic E-state index is 13.6. The van der Waals surface area contributed by atoms with Gasteiger partial charge in [0, 0.05) is 13.1 Å². The number of anilines is 1. The van der Waals surface area contributed by atoms with Gasteiger partial charge in [0.2, 0.25) is 21.8 Å². The van der Waals surface area contributed by atoms with Crippen LogP contribution in [0.1, 0.15) is 58.6 Å². The van der Waals surface area contributed by atoms with E-state index in [2.05, 4.69) is 26.1 Å². The lowest BCUT2D eigenvalue weighted by Crippen LogP contribution is -2.52. The van der Waals surface area contributed by atoms with Crippen molar-refractivity contribution in [1.29, 1.82) is 0 Å². The van der Waals surface area contributed by atoms with E-state index in [9.17, 15) is 18.0 Å². The van der Waals surface area contributed by atoms with Crippen molar-refractivity contribution >= 4 is 27.5 Å². The zero-order valence-electron chi connectivity index (χ0n) is 21.7. The predicted molar refractivity (Wildman–Crippen MR) is 142 cm³/mol. The van der Waals surface area contributed by atoms with E-state index in [1.54, 1.807) is 12.1 Å². The van der Waals surface area contributed by atoms with Crippen LogP contribution in [-0.2, 0) is 31.6 Å². The molecule has 1 unspecified atom stereocenters. The molecule has 192 valence electrons. The molecule has 0 spiro atoms. The summed E-state index contributed by atoms with van der Waals surface area (Å²) < 4.78 is 26.5. The van der Waals surface area contributed by atoms with Crippen molar-refractivity contribution in [1.82, 2.24) is 10.2 Å². The van der Waals surface area contributed by atoms with Crippen LogP contribution in [0.2, 0.25) is 0 Å². The Balaban J connectivity index is 2.40. The molecule has 2 rings (SSSR count). The monoisotopic (exact) mass is 501 g/mol. The second-order valence-electron chi connectivity index (χ2n) is 9.79. The number of hydrogen-bond acceptors (Lipinski definition) is 4. The minimum absolute atomic E-state index is 0.0864. The van der Waals surface area contributed by atoms with Gasteiger partial charge in [0.1, 0.15) is 12.6 Å². The smallest absolute Gasteiger partial charge is 0.244 e. The van der Waals surface area contributed by atoms with Gasteiger partial charge in [-0.1, -0.05) is 77.1 Å². The third kappa shape index (κ3) is 8.09. The minimum atomic E-state index is -3.75. The van der Waals surface area contributed by atoms with Crippen LogP contribution in [0.4, 0.5) is 5.69 Å². The van der Waals surface area contributed by atoms with Crippen molar-refractivity contribution in [3.63, 3.8) is 0 Å². The number of carbonyl (C=O) groups is 2. The van der Waals surface area contributed by atoms with E-state index in [1.807, 2.05) is 56.3 Å². The Bertz CT molecular complexity index is 1080. The summed E-state index contributed by atoms with van der Waals surface area (Å²) in [6.45, 7) is 10.4. The Hall–Kier alpha value is -2.87. The number of rotatable bonds is 11. The molecule has 0 saturated carbocycles. The van der Waals surface area contributed by atoms with Crippen molar-refractivity contribution in [2.24, 2.45) is 0 Å². The van der Waals surface area contributed by atoms with Crippen LogP contribution >= 0.6 is 0 Å². The molecule has 2 amide bonds. The fourth-order valence-corrected chi connectivity index (χ4v) is 4.66. The highest BCUT2D eigenvalue weighted by Gasteiger charge is 2.31. The van der Waals surface area contributed by atoms with Crippen molar-refractivity contribution in [2.45, 2.75) is 65.5 Å². The molecule has 0 heterocycles. The Morgan fingerprint density at radius 2 is 1.57 bits per heavy atom. The van der Waals surface area contributed by atoms with E-state index in [4.69, 9.17) is 0 Å². The first kappa shape index (κ1) is 28.4. The zero-order chi connectivity index (χ0) is 26.2. The summed E-state index contributed by atoms with van der Waals surface area (Å²) in [7, 11) is -3.75. The second-order valence-corrected chi connectivity index (χ2v) is 11.7. The van der Waals surface area contributed by atoms with E-state index in [1.165, 1.54) is 4.90 Å². The van der Waals surface area contributed by atoms with Crippen molar-refractivity contribution in [2.75, 3.05) is 23.7 Å². The normalized spacial score (nSPS) is 12.6. The van der Waals surface area contributed by atoms with Gasteiger partial charge in [0.05, 0.1) is 11.9 Å². The maximum Gasteiger partial charge on any atom is 0.244 e. The molecule has 7 nitrogen and oxygen atoms in total. The molecule has 0 fully saturated rings. The lowest BCUT2D eigenvalue weighted by atomic mass is 9.87. The van der Waals surface area contributed by atoms with Gasteiger partial charge < -0.3 is 10.2 Å². The average Bonchev–Trinajstić information content (AvgIpc) is 2.80. The fraction of sp³-hybridized carbons (Fsp3) is 0.481. The zero-order valence-corrected chi connectivity index (χ0v) is 22.6. The molecular formula is C27H39N3O4S. The van der Waals surface area contributed by atoms with Crippen molar-refractivity contribution < 1.29 is 18.0 Å². The highest BCUT2D eigenvalue weighted by molar-refractivity contribution is 7.92. The van der Waals surface area contributed by atoms with Crippen LogP contribution in [0.5, 0.6) is 0 Å². The summed E-state index contributed by atoms with van der Waals surface area (Å²) in [6, 6.07) is 15.9. The summed E-state index contributed by atoms with van der Waals surface area (Å²) in [5.41, 5.74) is 2.25. The molecule has 0 saturated heterocycles. The molecule has 0 radical (unpaired) electrons. The lowest BCUT2D eigenvalue weighted by molar-refractivity contribution is -0.140. The van der Waals surface area contributed by atoms with Crippen LogP contribution in [0.25, 0.3) is 0 Å². The molecule has 0 bridgehead atoms. The SMILES string of the molecule is CCCNC(=O)C(CC)N(Cc1ccccc1)C(=O)CN(c1ccc(C(C)(C)C)cc1)S(C)(=O)=O. The molecule has 0 aromatic heterocycles. The van der Waals surface area contributed by atoms with E-state index in [0.717, 1.165) is 28.1 Å². The standard InChI is InChI=1S/C27H39N3O4S/c1-7-18-28-26(32)24(8-2)29(19-21-12-10-9-11-13-21)25(31)20-30(35(6,33)34)23-16-14-22(15-17-23)27(3,4)5/h9-17,24H,7-8,18-20H2,1-6H3,(H,28,32). The van der Waals surface area contributed by atoms with Crippen LogP contribution < -0.4 is 9.62 Å². The molecule has 8 heteroatoms. The number of hydrogen-bond donors (Lipinski definition) is 1. The number of carbonyl (C=O) groups excluding carboxylic acids is 2. The molecule has 2 aromatic carbocycles. The first-order valence-corrected chi connectivity index (χ1v) is 13.9. The minimum Gasteiger partial charge on any atom is -0.354 e. The number of nitrogens with zero attached hydrogens (tertiary/aromatic N) is 2. The van der Waals surface area contributed by atoms with Gasteiger partial charge in [-0.05, 0) is 41.5 Å². The van der Waals surface area contributed by atoms with Gasteiger partial charge in [-0.15, -0.1) is 0 Å². The van der Waals surface area contributed by atoms with Gasteiger partial charge in [-0.25, -0.2) is 8.42 Å². The predicted octanol–water partition coefficient (Wildman–Crippen LogP) is 4.08. The average molecular weight is 502 g/mol. The number of nitrogens with one attached hydrogen (secondary N) is 1. The molecule has 35 heavy (non-hydrogen) atoms. The van der Waals surface area contributed by atoms with Gasteiger partial charge in [-0.2, -0.15) is 0 Å². The number of amides is 2. The number of sulfonamides is 1. The Morgan fingerprint density at radius 3 is 2.06 bits per heavy atom. The Morgan fingerprint density at radius 1 is 0.971 bits per heavy atom. The fourth-order valence-electron chi connectivity index (χ4n) is 3.81. The van der Waals surface area contributed by atoms with E-state index >= 15 is 0 Å². The summed E-state index contributed by atoms with van der Waals surface area (Å²) in [4.78, 5) is 28.0. The lowest BCUT2D eigenvalue weighted by Gasteiger charge is -2.33. The molecule has 0 aliphatic rings. The highest BCUT2D eigenvalue weighted by Crippen LogP contribution is 2.26. The van der Waals surface area contributed by atoms with Gasteiger partial charge in [0.25, 0.3) is 0 Å². The van der Waals surface area contributed by atoms with Crippen LogP contribution in [-0.4, -0.2) is 50.5 Å². The van der Waals surface area contributed by atoms with Crippen molar-refractivity contribution in [3.05, 3.63) is 65.7 Å². The summed E-state index contributed by atoms with van der Waals surface area (Å²) in [5, 5.41) is 2.88. The Kier molecular flexibility index (Phi) is 9.89. The number of benzene rings is 2. The molecule has 2 aromatic rings. The summed E-state index contributed by atoms with van der Waals surface area (Å²) >= 11 is 0. The second kappa shape index (κ2) is 12.2. The molecule has 0 aliphatic heterocycles. The van der Waals surface area contributed by atoms with E-state index in [-0.39, 0.29) is 17.9 Å². The highest BCUT2D eigenvalue weighted by atomic mass is 32.2. The maximum absolute atomic E-state index is 13.6. The summed E-state index contributed by atoms with van der Waals surface area (Å²) in [6.07, 6.45) is 2.28. The van der Waals surface area contributed by atoms with Gasteiger partial charge in [0.15, 0.2) is 0 Å². The third-order valence-electron chi connectivity index (χ3n) is 5.83. The largest absolute Gasteiger partial charge is 0.354 e. The third-order valence-corrected chi connectivity index (χ3v) is 6.97. The molecule has 1 N–H and O–H groups in total. The first-order valence-electron chi connectivity index (χ1n) is 12.1. The molecule has 1 atom stereocenters. The summed E-state index contributed by atoms with van der Waals surface area (Å²) in [5.74, 6) is -0.670.